The number of ether oxygens (including phenoxy) is 1. The number of pyridine rings is 1. The van der Waals surface area contributed by atoms with E-state index in [9.17, 15) is 9.90 Å². The lowest BCUT2D eigenvalue weighted by Crippen LogP contribution is -2.34. The van der Waals surface area contributed by atoms with Gasteiger partial charge in [-0.1, -0.05) is 6.07 Å². The van der Waals surface area contributed by atoms with Gasteiger partial charge in [0.1, 0.15) is 11.4 Å². The van der Waals surface area contributed by atoms with Gasteiger partial charge in [-0.2, -0.15) is 5.10 Å². The van der Waals surface area contributed by atoms with Crippen LogP contribution in [0.5, 0.6) is 5.75 Å². The Labute approximate surface area is 151 Å². The monoisotopic (exact) mass is 352 g/mol. The van der Waals surface area contributed by atoms with Crippen molar-refractivity contribution in [1.29, 1.82) is 0 Å². The van der Waals surface area contributed by atoms with Crippen molar-refractivity contribution in [3.8, 4) is 17.0 Å². The first-order chi connectivity index (χ1) is 12.6. The molecule has 0 aliphatic carbocycles. The van der Waals surface area contributed by atoms with Crippen LogP contribution in [0.2, 0.25) is 0 Å². The highest BCUT2D eigenvalue weighted by atomic mass is 16.5. The van der Waals surface area contributed by atoms with Gasteiger partial charge in [0.25, 0.3) is 5.91 Å². The molecular formula is C19H20N4O3. The molecule has 0 aliphatic rings. The first kappa shape index (κ1) is 17.6. The fourth-order valence-electron chi connectivity index (χ4n) is 2.67. The Kier molecular flexibility index (Phi) is 5.28. The Hall–Kier alpha value is -3.19. The highest BCUT2D eigenvalue weighted by molar-refractivity contribution is 5.93. The summed E-state index contributed by atoms with van der Waals surface area (Å²) in [7, 11) is 3.30. The van der Waals surface area contributed by atoms with E-state index in [-0.39, 0.29) is 17.7 Å². The summed E-state index contributed by atoms with van der Waals surface area (Å²) in [5, 5.41) is 16.4. The third-order valence-electron chi connectivity index (χ3n) is 4.11. The summed E-state index contributed by atoms with van der Waals surface area (Å²) in [6.45, 7) is 0.332. The lowest BCUT2D eigenvalue weighted by Gasteiger charge is -2.26. The smallest absolute Gasteiger partial charge is 0.272 e. The number of carbonyl (C=O) groups excluding carboxylic acids is 1. The molecule has 2 aromatic heterocycles. The van der Waals surface area contributed by atoms with Crippen LogP contribution in [0.1, 0.15) is 22.2 Å². The topological polar surface area (TPSA) is 91.3 Å². The van der Waals surface area contributed by atoms with Gasteiger partial charge in [0.2, 0.25) is 0 Å². The Bertz CT molecular complexity index is 862. The van der Waals surface area contributed by atoms with Gasteiger partial charge in [0.15, 0.2) is 0 Å². The molecule has 0 unspecified atom stereocenters. The molecule has 26 heavy (non-hydrogen) atoms. The van der Waals surface area contributed by atoms with Crippen molar-refractivity contribution >= 4 is 5.91 Å². The second-order valence-electron chi connectivity index (χ2n) is 5.86. The number of carbonyl (C=O) groups is 1. The van der Waals surface area contributed by atoms with Crippen molar-refractivity contribution in [2.45, 2.75) is 6.04 Å². The van der Waals surface area contributed by atoms with Crippen molar-refractivity contribution in [3.05, 3.63) is 66.1 Å². The molecule has 1 atom stereocenters. The molecule has 0 aliphatic heterocycles. The van der Waals surface area contributed by atoms with Gasteiger partial charge in [0.05, 0.1) is 24.0 Å². The number of hydrogen-bond donors (Lipinski definition) is 2. The largest absolute Gasteiger partial charge is 0.508 e. The van der Waals surface area contributed by atoms with E-state index in [2.05, 4.69) is 15.2 Å². The van der Waals surface area contributed by atoms with Crippen LogP contribution in [0, 0.1) is 0 Å². The van der Waals surface area contributed by atoms with Gasteiger partial charge in [-0.3, -0.25) is 14.9 Å². The normalized spacial score (nSPS) is 11.9. The molecule has 3 aromatic rings. The van der Waals surface area contributed by atoms with Gasteiger partial charge < -0.3 is 14.7 Å². The van der Waals surface area contributed by atoms with Crippen molar-refractivity contribution in [2.24, 2.45) is 0 Å². The van der Waals surface area contributed by atoms with Gasteiger partial charge >= 0.3 is 0 Å². The van der Waals surface area contributed by atoms with Crippen molar-refractivity contribution in [2.75, 3.05) is 20.8 Å². The highest BCUT2D eigenvalue weighted by Gasteiger charge is 2.25. The van der Waals surface area contributed by atoms with Crippen molar-refractivity contribution < 1.29 is 14.6 Å². The third-order valence-corrected chi connectivity index (χ3v) is 4.11. The number of likely N-dealkylation sites (N-methyl/N-ethyl adjacent to an activating group) is 1. The molecule has 3 rings (SSSR count). The maximum atomic E-state index is 12.9. The third kappa shape index (κ3) is 3.73. The van der Waals surface area contributed by atoms with E-state index >= 15 is 0 Å². The van der Waals surface area contributed by atoms with E-state index in [4.69, 9.17) is 4.74 Å². The quantitative estimate of drug-likeness (QED) is 0.712. The average molecular weight is 352 g/mol. The molecule has 0 saturated carbocycles. The maximum Gasteiger partial charge on any atom is 0.272 e. The number of phenols is 1. The lowest BCUT2D eigenvalue weighted by molar-refractivity contribution is 0.0589. The predicted molar refractivity (Wildman–Crippen MR) is 96.6 cm³/mol. The summed E-state index contributed by atoms with van der Waals surface area (Å²) < 4.78 is 5.27. The minimum absolute atomic E-state index is 0.179. The van der Waals surface area contributed by atoms with E-state index in [1.54, 1.807) is 55.6 Å². The summed E-state index contributed by atoms with van der Waals surface area (Å²) in [4.78, 5) is 18.8. The number of methoxy groups -OCH3 is 1. The molecule has 0 bridgehead atoms. The molecule has 0 radical (unpaired) electrons. The number of benzene rings is 1. The van der Waals surface area contributed by atoms with Crippen LogP contribution in [0.4, 0.5) is 0 Å². The van der Waals surface area contributed by atoms with E-state index in [0.29, 0.717) is 18.0 Å². The average Bonchev–Trinajstić information content (AvgIpc) is 3.16. The number of rotatable bonds is 6. The van der Waals surface area contributed by atoms with Crippen molar-refractivity contribution in [1.82, 2.24) is 20.1 Å². The molecule has 0 saturated heterocycles. The zero-order chi connectivity index (χ0) is 18.5. The Balaban J connectivity index is 1.82. The Morgan fingerprint density at radius 2 is 2.04 bits per heavy atom. The SMILES string of the molecule is COC[C@H](c1ccccn1)N(C)C(=O)c1cc(-c2ccc(O)cc2)n[nH]1. The minimum atomic E-state index is -0.311. The van der Waals surface area contributed by atoms with E-state index in [0.717, 1.165) is 11.3 Å². The number of H-pyrrole nitrogens is 1. The molecule has 0 spiro atoms. The molecule has 1 amide bonds. The molecule has 7 nitrogen and oxygen atoms in total. The summed E-state index contributed by atoms with van der Waals surface area (Å²) in [6, 6.07) is 13.6. The number of aromatic nitrogens is 3. The fourth-order valence-corrected chi connectivity index (χ4v) is 2.67. The van der Waals surface area contributed by atoms with Gasteiger partial charge in [0, 0.05) is 25.9 Å². The lowest BCUT2D eigenvalue weighted by atomic mass is 10.1. The number of aromatic hydroxyl groups is 1. The van der Waals surface area contributed by atoms with Crippen LogP contribution in [0.25, 0.3) is 11.3 Å². The zero-order valence-electron chi connectivity index (χ0n) is 14.6. The van der Waals surface area contributed by atoms with E-state index in [1.807, 2.05) is 18.2 Å². The molecule has 7 heteroatoms. The van der Waals surface area contributed by atoms with Crippen LogP contribution in [-0.2, 0) is 4.74 Å². The van der Waals surface area contributed by atoms with Gasteiger partial charge in [-0.25, -0.2) is 0 Å². The second-order valence-corrected chi connectivity index (χ2v) is 5.86. The molecule has 0 fully saturated rings. The Morgan fingerprint density at radius 1 is 1.27 bits per heavy atom. The molecule has 1 aromatic carbocycles. The number of nitrogens with one attached hydrogen (secondary N) is 1. The first-order valence-electron chi connectivity index (χ1n) is 8.12. The summed E-state index contributed by atoms with van der Waals surface area (Å²) in [5.74, 6) is -0.0340. The number of phenolic OH excluding ortho intramolecular Hbond substituents is 1. The minimum Gasteiger partial charge on any atom is -0.508 e. The standard InChI is InChI=1S/C19H20N4O3/c1-23(18(12-26-2)15-5-3-4-10-20-15)19(25)17-11-16(21-22-17)13-6-8-14(24)9-7-13/h3-11,18,24H,12H2,1-2H3,(H,21,22)/t18-/m1/s1. The molecule has 2 heterocycles. The van der Waals surface area contributed by atoms with E-state index in [1.165, 1.54) is 0 Å². The van der Waals surface area contributed by atoms with Crippen molar-refractivity contribution in [3.63, 3.8) is 0 Å². The van der Waals surface area contributed by atoms with Gasteiger partial charge in [-0.15, -0.1) is 0 Å². The number of hydrogen-bond acceptors (Lipinski definition) is 5. The first-order valence-corrected chi connectivity index (χ1v) is 8.12. The van der Waals surface area contributed by atoms with Crippen LogP contribution < -0.4 is 0 Å². The summed E-state index contributed by atoms with van der Waals surface area (Å²) in [5.41, 5.74) is 2.55. The maximum absolute atomic E-state index is 12.9. The predicted octanol–water partition coefficient (Wildman–Crippen LogP) is 2.64. The number of amides is 1. The molecule has 134 valence electrons. The second kappa shape index (κ2) is 7.79. The number of nitrogens with zero attached hydrogens (tertiary/aromatic N) is 3. The fraction of sp³-hybridized carbons (Fsp3) is 0.211. The summed E-state index contributed by atoms with van der Waals surface area (Å²) >= 11 is 0. The van der Waals surface area contributed by atoms with E-state index < -0.39 is 0 Å². The van der Waals surface area contributed by atoms with Crippen LogP contribution in [0.15, 0.2) is 54.7 Å². The number of aromatic amines is 1. The van der Waals surface area contributed by atoms with Crippen LogP contribution >= 0.6 is 0 Å². The zero-order valence-corrected chi connectivity index (χ0v) is 14.6. The van der Waals surface area contributed by atoms with Crippen LogP contribution in [-0.4, -0.2) is 51.9 Å². The highest BCUT2D eigenvalue weighted by Crippen LogP contribution is 2.23. The Morgan fingerprint density at radius 3 is 2.69 bits per heavy atom. The molecular weight excluding hydrogens is 332 g/mol. The van der Waals surface area contributed by atoms with Gasteiger partial charge in [-0.05, 0) is 42.5 Å². The van der Waals surface area contributed by atoms with Crippen LogP contribution in [0.3, 0.4) is 0 Å². The molecule has 2 N–H and O–H groups in total. The summed E-state index contributed by atoms with van der Waals surface area (Å²) in [6.07, 6.45) is 1.69.